The van der Waals surface area contributed by atoms with Gasteiger partial charge in [0.25, 0.3) is 0 Å². The average Bonchev–Trinajstić information content (AvgIpc) is 2.67. The number of hydrogen-bond acceptors (Lipinski definition) is 2. The van der Waals surface area contributed by atoms with E-state index in [9.17, 15) is 13.2 Å². The molecule has 79 valence electrons. The molecule has 0 atom stereocenters. The van der Waals surface area contributed by atoms with Gasteiger partial charge in [-0.2, -0.15) is 13.2 Å². The lowest BCUT2D eigenvalue weighted by Gasteiger charge is -2.22. The number of halogens is 3. The van der Waals surface area contributed by atoms with E-state index >= 15 is 0 Å². The van der Waals surface area contributed by atoms with Gasteiger partial charge in [0.05, 0.1) is 11.3 Å². The molecule has 1 nitrogen and oxygen atoms in total. The van der Waals surface area contributed by atoms with E-state index in [2.05, 4.69) is 5.41 Å². The minimum Gasteiger partial charge on any atom is -0.326 e. The summed E-state index contributed by atoms with van der Waals surface area (Å²) in [4.78, 5) is 1.21. The molecular formula is C10H7F3NS. The monoisotopic (exact) mass is 230 g/mol. The van der Waals surface area contributed by atoms with Gasteiger partial charge in [-0.15, -0.1) is 11.8 Å². The minimum absolute atomic E-state index is 0.263. The van der Waals surface area contributed by atoms with E-state index in [1.807, 2.05) is 0 Å². The number of anilines is 1. The van der Waals surface area contributed by atoms with Gasteiger partial charge in [-0.3, -0.25) is 0 Å². The van der Waals surface area contributed by atoms with Gasteiger partial charge in [-0.05, 0) is 12.1 Å². The molecular weight excluding hydrogens is 223 g/mol. The van der Waals surface area contributed by atoms with E-state index in [1.165, 1.54) is 4.90 Å². The van der Waals surface area contributed by atoms with E-state index in [0.29, 0.717) is 5.69 Å². The first kappa shape index (κ1) is 10.4. The fraction of sp³-hybridized carbons (Fsp3) is 0.200. The van der Waals surface area contributed by atoms with Crippen molar-refractivity contribution in [1.29, 1.82) is 0 Å². The first-order chi connectivity index (χ1) is 7.09. The van der Waals surface area contributed by atoms with Crippen LogP contribution < -0.4 is 4.90 Å². The Morgan fingerprint density at radius 1 is 1.20 bits per heavy atom. The first-order valence-electron chi connectivity index (χ1n) is 4.23. The van der Waals surface area contributed by atoms with Crippen LogP contribution in [0.3, 0.4) is 0 Å². The summed E-state index contributed by atoms with van der Waals surface area (Å²) in [5.41, 5.74) is -0.166. The molecule has 0 unspecified atom stereocenters. The Morgan fingerprint density at radius 3 is 2.47 bits per heavy atom. The van der Waals surface area contributed by atoms with Crippen LogP contribution in [0.4, 0.5) is 18.9 Å². The molecule has 0 saturated heterocycles. The van der Waals surface area contributed by atoms with Crippen molar-refractivity contribution >= 4 is 17.4 Å². The van der Waals surface area contributed by atoms with Crippen LogP contribution in [-0.2, 0) is 0 Å². The fourth-order valence-corrected chi connectivity index (χ4v) is 2.14. The lowest BCUT2D eigenvalue weighted by Crippen LogP contribution is -2.28. The maximum atomic E-state index is 12.5. The highest BCUT2D eigenvalue weighted by Crippen LogP contribution is 2.38. The molecule has 0 fully saturated rings. The van der Waals surface area contributed by atoms with Crippen molar-refractivity contribution in [3.05, 3.63) is 41.4 Å². The van der Waals surface area contributed by atoms with Crippen LogP contribution in [0.2, 0.25) is 0 Å². The standard InChI is InChI=1S/C10H7F3NS/c11-10(12,13)9-6-15-7-14(9)8-4-2-1-3-5-8/h1-5H,7H2. The zero-order valence-electron chi connectivity index (χ0n) is 7.58. The highest BCUT2D eigenvalue weighted by molar-refractivity contribution is 8.01. The summed E-state index contributed by atoms with van der Waals surface area (Å²) in [5.74, 6) is 0.263. The molecule has 1 aromatic carbocycles. The number of allylic oxidation sites excluding steroid dienone is 1. The molecule has 0 N–H and O–H groups in total. The van der Waals surface area contributed by atoms with Gasteiger partial charge in [0.2, 0.25) is 0 Å². The largest absolute Gasteiger partial charge is 0.432 e. The molecule has 1 radical (unpaired) electrons. The molecule has 1 heterocycles. The zero-order valence-corrected chi connectivity index (χ0v) is 8.40. The van der Waals surface area contributed by atoms with Crippen LogP contribution in [0.5, 0.6) is 0 Å². The van der Waals surface area contributed by atoms with Crippen molar-refractivity contribution in [3.63, 3.8) is 0 Å². The number of benzene rings is 1. The molecule has 2 rings (SSSR count). The molecule has 0 amide bonds. The lowest BCUT2D eigenvalue weighted by atomic mass is 10.3. The van der Waals surface area contributed by atoms with Crippen LogP contribution in [0.1, 0.15) is 0 Å². The molecule has 0 bridgehead atoms. The van der Waals surface area contributed by atoms with Gasteiger partial charge in [-0.1, -0.05) is 18.2 Å². The summed E-state index contributed by atoms with van der Waals surface area (Å²) in [7, 11) is 0. The number of alkyl halides is 3. The summed E-state index contributed by atoms with van der Waals surface area (Å²) in [6.45, 7) is 0. The van der Waals surface area contributed by atoms with Crippen molar-refractivity contribution in [2.45, 2.75) is 6.18 Å². The summed E-state index contributed by atoms with van der Waals surface area (Å²) in [5, 5.41) is 2.28. The van der Waals surface area contributed by atoms with Crippen molar-refractivity contribution < 1.29 is 13.2 Å². The maximum Gasteiger partial charge on any atom is 0.432 e. The Bertz CT molecular complexity index is 372. The SMILES string of the molecule is FC(F)(F)C1=[C]SCN1c1ccccc1. The van der Waals surface area contributed by atoms with Gasteiger partial charge >= 0.3 is 6.18 Å². The number of rotatable bonds is 1. The molecule has 0 spiro atoms. The Morgan fingerprint density at radius 2 is 1.87 bits per heavy atom. The van der Waals surface area contributed by atoms with Crippen molar-refractivity contribution in [2.24, 2.45) is 0 Å². The predicted molar refractivity (Wildman–Crippen MR) is 54.2 cm³/mol. The number of nitrogens with zero attached hydrogens (tertiary/aromatic N) is 1. The topological polar surface area (TPSA) is 3.24 Å². The van der Waals surface area contributed by atoms with Gasteiger partial charge in [-0.25, -0.2) is 0 Å². The van der Waals surface area contributed by atoms with Crippen molar-refractivity contribution in [2.75, 3.05) is 10.8 Å². The third kappa shape index (κ3) is 2.12. The third-order valence-electron chi connectivity index (χ3n) is 1.97. The second-order valence-electron chi connectivity index (χ2n) is 2.99. The van der Waals surface area contributed by atoms with Crippen LogP contribution in [0, 0.1) is 5.41 Å². The van der Waals surface area contributed by atoms with Crippen LogP contribution in [0.25, 0.3) is 0 Å². The van der Waals surface area contributed by atoms with Crippen LogP contribution >= 0.6 is 11.8 Å². The molecule has 0 saturated carbocycles. The molecule has 1 aromatic rings. The fourth-order valence-electron chi connectivity index (χ4n) is 1.31. The predicted octanol–water partition coefficient (Wildman–Crippen LogP) is 3.40. The molecule has 15 heavy (non-hydrogen) atoms. The molecule has 1 aliphatic heterocycles. The van der Waals surface area contributed by atoms with E-state index in [1.54, 1.807) is 30.3 Å². The highest BCUT2D eigenvalue weighted by atomic mass is 32.2. The average molecular weight is 230 g/mol. The van der Waals surface area contributed by atoms with Gasteiger partial charge in [0.1, 0.15) is 5.70 Å². The van der Waals surface area contributed by atoms with Gasteiger partial charge in [0.15, 0.2) is 0 Å². The van der Waals surface area contributed by atoms with Gasteiger partial charge in [0, 0.05) is 5.69 Å². The van der Waals surface area contributed by atoms with Crippen LogP contribution in [-0.4, -0.2) is 12.1 Å². The summed E-state index contributed by atoms with van der Waals surface area (Å²) in [6.07, 6.45) is -4.33. The van der Waals surface area contributed by atoms with E-state index in [-0.39, 0.29) is 5.88 Å². The molecule has 0 aliphatic carbocycles. The smallest absolute Gasteiger partial charge is 0.326 e. The Hall–Kier alpha value is -1.10. The van der Waals surface area contributed by atoms with E-state index < -0.39 is 11.9 Å². The van der Waals surface area contributed by atoms with Gasteiger partial charge < -0.3 is 4.90 Å². The summed E-state index contributed by atoms with van der Waals surface area (Å²) >= 11 is 1.03. The van der Waals surface area contributed by atoms with Crippen molar-refractivity contribution in [1.82, 2.24) is 0 Å². The second kappa shape index (κ2) is 3.81. The third-order valence-corrected chi connectivity index (χ3v) is 2.69. The Balaban J connectivity index is 2.29. The van der Waals surface area contributed by atoms with Crippen molar-refractivity contribution in [3.8, 4) is 0 Å². The first-order valence-corrected chi connectivity index (χ1v) is 5.22. The van der Waals surface area contributed by atoms with Crippen LogP contribution in [0.15, 0.2) is 36.0 Å². The summed E-state index contributed by atoms with van der Waals surface area (Å²) < 4.78 is 37.6. The summed E-state index contributed by atoms with van der Waals surface area (Å²) in [6, 6.07) is 8.50. The number of hydrogen-bond donors (Lipinski definition) is 0. The second-order valence-corrected chi connectivity index (χ2v) is 3.74. The molecule has 5 heteroatoms. The number of thioether (sulfide) groups is 1. The normalized spacial score (nSPS) is 16.7. The van der Waals surface area contributed by atoms with E-state index in [0.717, 1.165) is 11.8 Å². The number of para-hydroxylation sites is 1. The zero-order chi connectivity index (χ0) is 10.9. The highest BCUT2D eigenvalue weighted by Gasteiger charge is 2.40. The van der Waals surface area contributed by atoms with E-state index in [4.69, 9.17) is 0 Å². The molecule has 1 aliphatic rings. The quantitative estimate of drug-likeness (QED) is 0.727. The Kier molecular flexibility index (Phi) is 2.65. The minimum atomic E-state index is -4.33. The Labute approximate surface area is 89.6 Å². The lowest BCUT2D eigenvalue weighted by molar-refractivity contribution is -0.0929. The molecule has 0 aromatic heterocycles. The maximum absolute atomic E-state index is 12.5.